The van der Waals surface area contributed by atoms with E-state index in [0.717, 1.165) is 38.5 Å². The second-order valence-corrected chi connectivity index (χ2v) is 6.02. The molecule has 0 radical (unpaired) electrons. The Labute approximate surface area is 120 Å². The first-order chi connectivity index (χ1) is 9.65. The molecule has 0 spiro atoms. The number of hydrogen-bond donors (Lipinski definition) is 1. The van der Waals surface area contributed by atoms with Gasteiger partial charge in [-0.15, -0.1) is 0 Å². The van der Waals surface area contributed by atoms with Crippen molar-refractivity contribution in [1.29, 1.82) is 0 Å². The fraction of sp³-hybridized carbons (Fsp3) is 0.667. The number of likely N-dealkylation sites (N-methyl/N-ethyl adjacent to an activating group) is 1. The van der Waals surface area contributed by atoms with Crippen LogP contribution in [0.15, 0.2) is 18.3 Å². The van der Waals surface area contributed by atoms with Gasteiger partial charge in [0.25, 0.3) is 0 Å². The molecular formula is C15H24N4O. The SMILES string of the molecule is Cc1cccnc1N1C[C@H](O)[C@@H](N2CCN(C)CC2)C1. The third-order valence-corrected chi connectivity index (χ3v) is 4.55. The van der Waals surface area contributed by atoms with E-state index in [0.29, 0.717) is 6.54 Å². The van der Waals surface area contributed by atoms with Crippen molar-refractivity contribution in [3.8, 4) is 0 Å². The molecule has 1 N–H and O–H groups in total. The molecule has 0 amide bonds. The lowest BCUT2D eigenvalue weighted by Gasteiger charge is -2.37. The van der Waals surface area contributed by atoms with E-state index in [4.69, 9.17) is 0 Å². The lowest BCUT2D eigenvalue weighted by atomic mass is 10.1. The molecule has 3 heterocycles. The number of aryl methyl sites for hydroxylation is 1. The summed E-state index contributed by atoms with van der Waals surface area (Å²) in [7, 11) is 2.16. The van der Waals surface area contributed by atoms with Crippen molar-refractivity contribution in [1.82, 2.24) is 14.8 Å². The predicted molar refractivity (Wildman–Crippen MR) is 80.1 cm³/mol. The third-order valence-electron chi connectivity index (χ3n) is 4.55. The highest BCUT2D eigenvalue weighted by atomic mass is 16.3. The number of aliphatic hydroxyl groups is 1. The van der Waals surface area contributed by atoms with Crippen molar-refractivity contribution in [2.75, 3.05) is 51.2 Å². The van der Waals surface area contributed by atoms with Crippen molar-refractivity contribution >= 4 is 5.82 Å². The molecule has 0 saturated carbocycles. The summed E-state index contributed by atoms with van der Waals surface area (Å²) in [6.07, 6.45) is 1.55. The number of anilines is 1. The molecule has 3 rings (SSSR count). The van der Waals surface area contributed by atoms with Crippen LogP contribution in [-0.4, -0.2) is 78.4 Å². The number of hydrogen-bond acceptors (Lipinski definition) is 5. The van der Waals surface area contributed by atoms with E-state index in [9.17, 15) is 5.11 Å². The molecule has 0 bridgehead atoms. The number of aromatic nitrogens is 1. The van der Waals surface area contributed by atoms with Gasteiger partial charge >= 0.3 is 0 Å². The molecule has 110 valence electrons. The van der Waals surface area contributed by atoms with Crippen LogP contribution in [0.25, 0.3) is 0 Å². The summed E-state index contributed by atoms with van der Waals surface area (Å²) in [6.45, 7) is 7.92. The van der Waals surface area contributed by atoms with Gasteiger partial charge in [0.15, 0.2) is 0 Å². The Hall–Kier alpha value is -1.17. The molecule has 5 nitrogen and oxygen atoms in total. The first-order valence-corrected chi connectivity index (χ1v) is 7.42. The largest absolute Gasteiger partial charge is 0.390 e. The van der Waals surface area contributed by atoms with Crippen molar-refractivity contribution in [3.63, 3.8) is 0 Å². The van der Waals surface area contributed by atoms with E-state index >= 15 is 0 Å². The second-order valence-electron chi connectivity index (χ2n) is 6.02. The lowest BCUT2D eigenvalue weighted by molar-refractivity contribution is 0.0512. The molecule has 2 aliphatic rings. The van der Waals surface area contributed by atoms with E-state index in [1.165, 1.54) is 5.56 Å². The van der Waals surface area contributed by atoms with Gasteiger partial charge in [-0.05, 0) is 25.6 Å². The van der Waals surface area contributed by atoms with Crippen LogP contribution >= 0.6 is 0 Å². The first kappa shape index (κ1) is 13.8. The highest BCUT2D eigenvalue weighted by molar-refractivity contribution is 5.47. The van der Waals surface area contributed by atoms with Crippen LogP contribution in [0.4, 0.5) is 5.82 Å². The number of rotatable bonds is 2. The van der Waals surface area contributed by atoms with Crippen LogP contribution in [0.1, 0.15) is 5.56 Å². The van der Waals surface area contributed by atoms with Gasteiger partial charge in [0.05, 0.1) is 12.1 Å². The Morgan fingerprint density at radius 2 is 1.95 bits per heavy atom. The number of aliphatic hydroxyl groups excluding tert-OH is 1. The Morgan fingerprint density at radius 3 is 2.65 bits per heavy atom. The zero-order valence-corrected chi connectivity index (χ0v) is 12.4. The summed E-state index contributed by atoms with van der Waals surface area (Å²) >= 11 is 0. The van der Waals surface area contributed by atoms with Crippen LogP contribution in [-0.2, 0) is 0 Å². The van der Waals surface area contributed by atoms with Gasteiger partial charge in [-0.25, -0.2) is 4.98 Å². The molecule has 20 heavy (non-hydrogen) atoms. The zero-order chi connectivity index (χ0) is 14.1. The monoisotopic (exact) mass is 276 g/mol. The van der Waals surface area contributed by atoms with E-state index in [2.05, 4.69) is 39.7 Å². The third kappa shape index (κ3) is 2.66. The van der Waals surface area contributed by atoms with E-state index in [1.54, 1.807) is 0 Å². The number of β-amino-alcohol motifs (C(OH)–C–C–N with tert-alkyl or cyclic N) is 1. The number of pyridine rings is 1. The minimum absolute atomic E-state index is 0.241. The standard InChI is InChI=1S/C15H24N4O/c1-12-4-3-5-16-15(12)19-10-13(14(20)11-19)18-8-6-17(2)7-9-18/h3-5,13-14,20H,6-11H2,1-2H3/t13-,14-/m0/s1. The topological polar surface area (TPSA) is 42.8 Å². The van der Waals surface area contributed by atoms with Crippen molar-refractivity contribution in [2.24, 2.45) is 0 Å². The van der Waals surface area contributed by atoms with Gasteiger partial charge in [-0.2, -0.15) is 0 Å². The Bertz CT molecular complexity index is 459. The molecular weight excluding hydrogens is 252 g/mol. The normalized spacial score (nSPS) is 29.1. The second kappa shape index (κ2) is 5.68. The Morgan fingerprint density at radius 1 is 1.20 bits per heavy atom. The fourth-order valence-corrected chi connectivity index (χ4v) is 3.26. The van der Waals surface area contributed by atoms with Gasteiger partial charge in [0, 0.05) is 45.5 Å². The van der Waals surface area contributed by atoms with Gasteiger partial charge in [-0.3, -0.25) is 4.90 Å². The minimum atomic E-state index is -0.278. The maximum atomic E-state index is 10.4. The summed E-state index contributed by atoms with van der Waals surface area (Å²) in [6, 6.07) is 4.28. The minimum Gasteiger partial charge on any atom is -0.390 e. The van der Waals surface area contributed by atoms with Crippen LogP contribution in [0, 0.1) is 6.92 Å². The summed E-state index contributed by atoms with van der Waals surface area (Å²) in [4.78, 5) is 11.5. The smallest absolute Gasteiger partial charge is 0.131 e. The number of nitrogens with zero attached hydrogens (tertiary/aromatic N) is 4. The quantitative estimate of drug-likeness (QED) is 0.835. The van der Waals surface area contributed by atoms with Crippen molar-refractivity contribution in [2.45, 2.75) is 19.1 Å². The molecule has 2 fully saturated rings. The molecule has 2 atom stereocenters. The molecule has 0 aliphatic carbocycles. The first-order valence-electron chi connectivity index (χ1n) is 7.42. The maximum Gasteiger partial charge on any atom is 0.131 e. The van der Waals surface area contributed by atoms with Crippen LogP contribution < -0.4 is 4.90 Å². The van der Waals surface area contributed by atoms with E-state index in [1.807, 2.05) is 12.3 Å². The Balaban J connectivity index is 1.69. The molecule has 2 saturated heterocycles. The van der Waals surface area contributed by atoms with Gasteiger partial charge in [0.2, 0.25) is 0 Å². The summed E-state index contributed by atoms with van der Waals surface area (Å²) in [5, 5.41) is 10.4. The van der Waals surface area contributed by atoms with Crippen LogP contribution in [0.2, 0.25) is 0 Å². The van der Waals surface area contributed by atoms with E-state index < -0.39 is 0 Å². The lowest BCUT2D eigenvalue weighted by Crippen LogP contribution is -2.52. The zero-order valence-electron chi connectivity index (χ0n) is 12.4. The van der Waals surface area contributed by atoms with Crippen molar-refractivity contribution in [3.05, 3.63) is 23.9 Å². The average Bonchev–Trinajstić information content (AvgIpc) is 2.82. The summed E-state index contributed by atoms with van der Waals surface area (Å²) < 4.78 is 0. The molecule has 0 unspecified atom stereocenters. The molecule has 1 aromatic rings. The molecule has 2 aliphatic heterocycles. The van der Waals surface area contributed by atoms with Gasteiger partial charge in [0.1, 0.15) is 5.82 Å². The average molecular weight is 276 g/mol. The van der Waals surface area contributed by atoms with Gasteiger partial charge in [-0.1, -0.05) is 6.07 Å². The number of piperazine rings is 1. The predicted octanol–water partition coefficient (Wildman–Crippen LogP) is 0.187. The highest BCUT2D eigenvalue weighted by Gasteiger charge is 2.37. The maximum absolute atomic E-state index is 10.4. The Kier molecular flexibility index (Phi) is 3.92. The molecule has 5 heteroatoms. The van der Waals surface area contributed by atoms with Crippen molar-refractivity contribution < 1.29 is 5.11 Å². The van der Waals surface area contributed by atoms with Gasteiger partial charge < -0.3 is 14.9 Å². The molecule has 1 aromatic heterocycles. The van der Waals surface area contributed by atoms with Crippen LogP contribution in [0.3, 0.4) is 0 Å². The molecule has 0 aromatic carbocycles. The van der Waals surface area contributed by atoms with E-state index in [-0.39, 0.29) is 12.1 Å². The van der Waals surface area contributed by atoms with Crippen LogP contribution in [0.5, 0.6) is 0 Å². The highest BCUT2D eigenvalue weighted by Crippen LogP contribution is 2.24. The summed E-state index contributed by atoms with van der Waals surface area (Å²) in [5.74, 6) is 1.02. The fourth-order valence-electron chi connectivity index (χ4n) is 3.26. The summed E-state index contributed by atoms with van der Waals surface area (Å²) in [5.41, 5.74) is 1.18.